The lowest BCUT2D eigenvalue weighted by molar-refractivity contribution is -0.0499. The van der Waals surface area contributed by atoms with Crippen molar-refractivity contribution in [1.29, 1.82) is 0 Å². The number of amides is 1. The molecule has 2 aromatic rings. The first-order chi connectivity index (χ1) is 14.7. The van der Waals surface area contributed by atoms with E-state index in [4.69, 9.17) is 14.2 Å². The zero-order chi connectivity index (χ0) is 22.3. The number of carbonyl (C=O) groups excluding carboxylic acids is 1. The molecule has 1 saturated heterocycles. The fourth-order valence-corrected chi connectivity index (χ4v) is 4.13. The number of halogens is 2. The van der Waals surface area contributed by atoms with Gasteiger partial charge in [-0.3, -0.25) is 9.36 Å². The summed E-state index contributed by atoms with van der Waals surface area (Å²) < 4.78 is 29.8. The summed E-state index contributed by atoms with van der Waals surface area (Å²) in [6, 6.07) is 5.99. The Labute approximate surface area is 189 Å². The van der Waals surface area contributed by atoms with Crippen molar-refractivity contribution in [2.75, 3.05) is 18.5 Å². The van der Waals surface area contributed by atoms with Crippen molar-refractivity contribution < 1.29 is 33.6 Å². The molecule has 0 radical (unpaired) electrons. The summed E-state index contributed by atoms with van der Waals surface area (Å²) in [5, 5.41) is 21.7. The van der Waals surface area contributed by atoms with Gasteiger partial charge in [0.25, 0.3) is 5.91 Å². The van der Waals surface area contributed by atoms with Gasteiger partial charge in [-0.2, -0.15) is 4.98 Å². The summed E-state index contributed by atoms with van der Waals surface area (Å²) in [6.45, 7) is 1.64. The zero-order valence-electron chi connectivity index (χ0n) is 16.2. The van der Waals surface area contributed by atoms with Crippen molar-refractivity contribution in [3.05, 3.63) is 46.5 Å². The maximum absolute atomic E-state index is 14.9. The van der Waals surface area contributed by atoms with Gasteiger partial charge in [0.15, 0.2) is 17.7 Å². The molecule has 1 amide bonds. The van der Waals surface area contributed by atoms with E-state index in [1.165, 1.54) is 40.9 Å². The lowest BCUT2D eigenvalue weighted by Crippen LogP contribution is -2.40. The Morgan fingerprint density at radius 3 is 2.87 bits per heavy atom. The van der Waals surface area contributed by atoms with Crippen molar-refractivity contribution in [2.24, 2.45) is 0 Å². The van der Waals surface area contributed by atoms with E-state index in [9.17, 15) is 24.2 Å². The predicted octanol–water partition coefficient (Wildman–Crippen LogP) is 1.01. The second-order valence-electron chi connectivity index (χ2n) is 7.19. The van der Waals surface area contributed by atoms with Crippen LogP contribution in [0, 0.1) is 0 Å². The minimum absolute atomic E-state index is 0.0512. The molecule has 2 aliphatic rings. The number of aliphatic hydroxyl groups is 2. The zero-order valence-corrected chi connectivity index (χ0v) is 18.4. The maximum atomic E-state index is 14.9. The number of hydrogen-bond donors (Lipinski definition) is 3. The molecule has 31 heavy (non-hydrogen) atoms. The van der Waals surface area contributed by atoms with Gasteiger partial charge in [0, 0.05) is 11.8 Å². The van der Waals surface area contributed by atoms with E-state index in [2.05, 4.69) is 10.3 Å². The van der Waals surface area contributed by atoms with Crippen LogP contribution in [0.15, 0.2) is 35.3 Å². The van der Waals surface area contributed by atoms with E-state index in [0.29, 0.717) is 18.1 Å². The average molecular weight is 547 g/mol. The molecule has 3 unspecified atom stereocenters. The van der Waals surface area contributed by atoms with Gasteiger partial charge >= 0.3 is 5.69 Å². The Kier molecular flexibility index (Phi) is 5.89. The summed E-state index contributed by atoms with van der Waals surface area (Å²) in [4.78, 5) is 28.7. The minimum atomic E-state index is -2.36. The van der Waals surface area contributed by atoms with Gasteiger partial charge in [0.2, 0.25) is 3.68 Å². The van der Waals surface area contributed by atoms with E-state index in [1.54, 1.807) is 12.1 Å². The fourth-order valence-electron chi connectivity index (χ4n) is 3.29. The normalized spacial score (nSPS) is 29.6. The highest BCUT2D eigenvalue weighted by atomic mass is 127. The second kappa shape index (κ2) is 8.33. The number of nitrogens with one attached hydrogen (secondary N) is 1. The Bertz CT molecular complexity index is 1060. The van der Waals surface area contributed by atoms with Crippen molar-refractivity contribution in [2.45, 2.75) is 35.1 Å². The molecular weight excluding hydrogens is 528 g/mol. The molecule has 3 N–H and O–H groups in total. The van der Waals surface area contributed by atoms with Gasteiger partial charge in [-0.05, 0) is 53.8 Å². The van der Waals surface area contributed by atoms with E-state index < -0.39 is 40.3 Å². The van der Waals surface area contributed by atoms with Crippen molar-refractivity contribution in [1.82, 2.24) is 9.55 Å². The maximum Gasteiger partial charge on any atom is 0.351 e. The van der Waals surface area contributed by atoms with E-state index in [-0.39, 0.29) is 17.5 Å². The van der Waals surface area contributed by atoms with Crippen molar-refractivity contribution in [3.8, 4) is 11.5 Å². The summed E-state index contributed by atoms with van der Waals surface area (Å²) in [5.41, 5.74) is -0.631. The SMILES string of the molecule is CC1COc2ccc(C(=O)Nc3ccn(C4O[C@H](CO)[C@@H](O)C4(F)I)c(=O)n3)cc2O1. The van der Waals surface area contributed by atoms with Gasteiger partial charge in [0.05, 0.1) is 6.61 Å². The van der Waals surface area contributed by atoms with Crippen LogP contribution in [0.2, 0.25) is 0 Å². The van der Waals surface area contributed by atoms with Crippen LogP contribution in [0.1, 0.15) is 23.5 Å². The molecule has 1 aromatic heterocycles. The number of aromatic nitrogens is 2. The summed E-state index contributed by atoms with van der Waals surface area (Å²) in [6.07, 6.45) is -3.27. The molecule has 1 fully saturated rings. The first kappa shape index (κ1) is 21.9. The number of carbonyl (C=O) groups is 1. The molecule has 0 saturated carbocycles. The molecule has 12 heteroatoms. The van der Waals surface area contributed by atoms with E-state index in [1.807, 2.05) is 6.92 Å². The summed E-state index contributed by atoms with van der Waals surface area (Å²) >= 11 is 1.34. The molecule has 1 aromatic carbocycles. The monoisotopic (exact) mass is 547 g/mol. The predicted molar refractivity (Wildman–Crippen MR) is 113 cm³/mol. The van der Waals surface area contributed by atoms with Crippen LogP contribution < -0.4 is 20.5 Å². The number of ether oxygens (including phenoxy) is 3. The number of hydrogen-bond acceptors (Lipinski definition) is 8. The highest BCUT2D eigenvalue weighted by Gasteiger charge is 2.56. The van der Waals surface area contributed by atoms with Gasteiger partial charge in [-0.1, -0.05) is 0 Å². The van der Waals surface area contributed by atoms with Crippen molar-refractivity contribution in [3.63, 3.8) is 0 Å². The van der Waals surface area contributed by atoms with Gasteiger partial charge in [-0.25, -0.2) is 9.18 Å². The molecule has 166 valence electrons. The van der Waals surface area contributed by atoms with Crippen LogP contribution in [-0.2, 0) is 4.74 Å². The molecular formula is C19H19FIN3O7. The van der Waals surface area contributed by atoms with Gasteiger partial charge in [-0.15, -0.1) is 0 Å². The Morgan fingerprint density at radius 1 is 1.42 bits per heavy atom. The highest BCUT2D eigenvalue weighted by Crippen LogP contribution is 2.45. The Hall–Kier alpha value is -2.29. The highest BCUT2D eigenvalue weighted by molar-refractivity contribution is 14.1. The smallest absolute Gasteiger partial charge is 0.351 e. The lowest BCUT2D eigenvalue weighted by atomic mass is 10.1. The van der Waals surface area contributed by atoms with E-state index >= 15 is 0 Å². The Balaban J connectivity index is 1.52. The number of anilines is 1. The van der Waals surface area contributed by atoms with E-state index in [0.717, 1.165) is 4.57 Å². The second-order valence-corrected chi connectivity index (χ2v) is 8.84. The average Bonchev–Trinajstić information content (AvgIpc) is 2.96. The summed E-state index contributed by atoms with van der Waals surface area (Å²) in [5.74, 6) is 0.385. The lowest BCUT2D eigenvalue weighted by Gasteiger charge is -2.24. The van der Waals surface area contributed by atoms with Crippen LogP contribution in [0.25, 0.3) is 0 Å². The number of nitrogens with zero attached hydrogens (tertiary/aromatic N) is 2. The molecule has 0 aliphatic carbocycles. The minimum Gasteiger partial charge on any atom is -0.486 e. The number of alkyl halides is 2. The quantitative estimate of drug-likeness (QED) is 0.382. The molecule has 0 bridgehead atoms. The molecule has 2 aliphatic heterocycles. The van der Waals surface area contributed by atoms with Crippen LogP contribution in [0.3, 0.4) is 0 Å². The first-order valence-electron chi connectivity index (χ1n) is 9.37. The molecule has 3 heterocycles. The van der Waals surface area contributed by atoms with Gasteiger partial charge in [0.1, 0.15) is 30.7 Å². The van der Waals surface area contributed by atoms with Crippen LogP contribution in [0.5, 0.6) is 11.5 Å². The first-order valence-corrected chi connectivity index (χ1v) is 10.4. The third-order valence-electron chi connectivity index (χ3n) is 4.89. The van der Waals surface area contributed by atoms with Crippen LogP contribution in [-0.4, -0.2) is 60.9 Å². The van der Waals surface area contributed by atoms with Crippen LogP contribution in [0.4, 0.5) is 10.2 Å². The Morgan fingerprint density at radius 2 is 2.19 bits per heavy atom. The molecule has 10 nitrogen and oxygen atoms in total. The van der Waals surface area contributed by atoms with Crippen molar-refractivity contribution >= 4 is 34.3 Å². The third kappa shape index (κ3) is 4.12. The standard InChI is InChI=1S/C19H19FIN3O7/c1-9-8-29-11-3-2-10(6-12(11)30-9)16(27)22-14-4-5-24(18(28)23-14)17-19(20,21)15(26)13(7-25)31-17/h2-6,9,13,15,17,25-26H,7-8H2,1H3,(H,22,23,27,28)/t9?,13-,15-,17?,19?/m1/s1. The summed E-state index contributed by atoms with van der Waals surface area (Å²) in [7, 11) is 0. The number of benzene rings is 1. The third-order valence-corrected chi connectivity index (χ3v) is 6.06. The fraction of sp³-hybridized carbons (Fsp3) is 0.421. The molecule has 5 atom stereocenters. The largest absolute Gasteiger partial charge is 0.486 e. The van der Waals surface area contributed by atoms with Gasteiger partial charge < -0.3 is 29.7 Å². The topological polar surface area (TPSA) is 132 Å². The molecule has 4 rings (SSSR count). The van der Waals surface area contributed by atoms with Crippen LogP contribution >= 0.6 is 22.6 Å². The number of fused-ring (bicyclic) bond motifs is 1. The molecule has 0 spiro atoms. The number of rotatable bonds is 4. The number of aliphatic hydroxyl groups excluding tert-OH is 2.